The van der Waals surface area contributed by atoms with Gasteiger partial charge in [-0.1, -0.05) is 29.3 Å². The molecule has 2 aromatic rings. The maximum Gasteiger partial charge on any atom is 0.318 e. The van der Waals surface area contributed by atoms with Crippen molar-refractivity contribution in [2.45, 2.75) is 32.0 Å². The van der Waals surface area contributed by atoms with Crippen molar-refractivity contribution in [1.82, 2.24) is 15.2 Å². The molecule has 7 heteroatoms. The predicted octanol–water partition coefficient (Wildman–Crippen LogP) is 4.33. The van der Waals surface area contributed by atoms with E-state index >= 15 is 0 Å². The third-order valence-electron chi connectivity index (χ3n) is 4.30. The Morgan fingerprint density at radius 3 is 2.58 bits per heavy atom. The van der Waals surface area contributed by atoms with Gasteiger partial charge in [-0.3, -0.25) is 0 Å². The normalized spacial score (nSPS) is 13.4. The highest BCUT2D eigenvalue weighted by molar-refractivity contribution is 6.42. The number of carbonyl (C=O) groups is 1. The molecule has 1 aliphatic rings. The molecule has 2 amide bonds. The number of rotatable bonds is 6. The quantitative estimate of drug-likeness (QED) is 0.795. The van der Waals surface area contributed by atoms with Crippen molar-refractivity contribution < 1.29 is 4.79 Å². The number of nitrogens with zero attached hydrogens (tertiary/aromatic N) is 3. The van der Waals surface area contributed by atoms with Crippen molar-refractivity contribution in [3.63, 3.8) is 0 Å². The van der Waals surface area contributed by atoms with Gasteiger partial charge < -0.3 is 15.1 Å². The van der Waals surface area contributed by atoms with Crippen LogP contribution < -0.4 is 10.2 Å². The Bertz CT molecular complexity index is 793. The van der Waals surface area contributed by atoms with Crippen molar-refractivity contribution in [2.24, 2.45) is 0 Å². The van der Waals surface area contributed by atoms with Gasteiger partial charge in [0.1, 0.15) is 5.82 Å². The number of benzene rings is 1. The van der Waals surface area contributed by atoms with Crippen LogP contribution in [0.15, 0.2) is 36.5 Å². The van der Waals surface area contributed by atoms with Crippen LogP contribution in [0.4, 0.5) is 10.6 Å². The summed E-state index contributed by atoms with van der Waals surface area (Å²) in [5, 5.41) is 4.04. The Balaban J connectivity index is 1.64. The fraction of sp³-hybridized carbons (Fsp3) is 0.368. The van der Waals surface area contributed by atoms with Gasteiger partial charge in [-0.25, -0.2) is 9.78 Å². The van der Waals surface area contributed by atoms with Crippen molar-refractivity contribution in [3.05, 3.63) is 57.7 Å². The lowest BCUT2D eigenvalue weighted by atomic mass is 10.2. The van der Waals surface area contributed by atoms with Crippen LogP contribution in [-0.2, 0) is 13.1 Å². The van der Waals surface area contributed by atoms with Crippen molar-refractivity contribution >= 4 is 35.1 Å². The van der Waals surface area contributed by atoms with E-state index in [1.807, 2.05) is 48.2 Å². The summed E-state index contributed by atoms with van der Waals surface area (Å²) in [5.74, 6) is 0.867. The lowest BCUT2D eigenvalue weighted by Crippen LogP contribution is -2.40. The maximum absolute atomic E-state index is 12.7. The molecule has 3 rings (SSSR count). The van der Waals surface area contributed by atoms with E-state index in [1.165, 1.54) is 0 Å². The minimum atomic E-state index is -0.0678. The first-order valence-electron chi connectivity index (χ1n) is 8.54. The van der Waals surface area contributed by atoms with Crippen molar-refractivity contribution in [3.8, 4) is 0 Å². The van der Waals surface area contributed by atoms with Crippen molar-refractivity contribution in [2.75, 3.05) is 19.0 Å². The molecule has 1 N–H and O–H groups in total. The SMILES string of the molecule is CN(C)c1cc(CNC(=O)N(Cc2ccc(Cl)c(Cl)c2)C2CC2)ccn1. The highest BCUT2D eigenvalue weighted by Gasteiger charge is 2.32. The van der Waals surface area contributed by atoms with Crippen LogP contribution in [0.1, 0.15) is 24.0 Å². The molecule has 1 heterocycles. The average Bonchev–Trinajstić information content (AvgIpc) is 3.45. The Morgan fingerprint density at radius 1 is 1.15 bits per heavy atom. The largest absolute Gasteiger partial charge is 0.363 e. The van der Waals surface area contributed by atoms with E-state index in [1.54, 1.807) is 12.3 Å². The fourth-order valence-electron chi connectivity index (χ4n) is 2.68. The Labute approximate surface area is 163 Å². The lowest BCUT2D eigenvalue weighted by molar-refractivity contribution is 0.191. The zero-order valence-corrected chi connectivity index (χ0v) is 16.4. The van der Waals surface area contributed by atoms with Gasteiger partial charge in [-0.05, 0) is 48.2 Å². The molecule has 138 valence electrons. The lowest BCUT2D eigenvalue weighted by Gasteiger charge is -2.23. The third-order valence-corrected chi connectivity index (χ3v) is 5.04. The second-order valence-corrected chi connectivity index (χ2v) is 7.50. The molecular weight excluding hydrogens is 371 g/mol. The van der Waals surface area contributed by atoms with Gasteiger partial charge in [-0.2, -0.15) is 0 Å². The van der Waals surface area contributed by atoms with Crippen LogP contribution in [-0.4, -0.2) is 36.1 Å². The molecule has 0 bridgehead atoms. The molecule has 0 saturated heterocycles. The second kappa shape index (κ2) is 8.14. The molecule has 1 aliphatic carbocycles. The summed E-state index contributed by atoms with van der Waals surface area (Å²) >= 11 is 12.1. The first kappa shape index (κ1) is 18.8. The van der Waals surface area contributed by atoms with E-state index in [0.717, 1.165) is 29.8 Å². The zero-order valence-electron chi connectivity index (χ0n) is 14.9. The van der Waals surface area contributed by atoms with Crippen LogP contribution in [0.3, 0.4) is 0 Å². The molecule has 5 nitrogen and oxygen atoms in total. The van der Waals surface area contributed by atoms with E-state index in [2.05, 4.69) is 10.3 Å². The van der Waals surface area contributed by atoms with Gasteiger partial charge in [0.05, 0.1) is 10.0 Å². The summed E-state index contributed by atoms with van der Waals surface area (Å²) in [6.07, 6.45) is 3.83. The van der Waals surface area contributed by atoms with Gasteiger partial charge in [-0.15, -0.1) is 0 Å². The molecule has 0 aliphatic heterocycles. The van der Waals surface area contributed by atoms with Gasteiger partial charge >= 0.3 is 6.03 Å². The monoisotopic (exact) mass is 392 g/mol. The minimum Gasteiger partial charge on any atom is -0.363 e. The number of amides is 2. The molecule has 1 fully saturated rings. The highest BCUT2D eigenvalue weighted by Crippen LogP contribution is 2.30. The van der Waals surface area contributed by atoms with Gasteiger partial charge in [0.25, 0.3) is 0 Å². The molecule has 26 heavy (non-hydrogen) atoms. The third kappa shape index (κ3) is 4.80. The Morgan fingerprint density at radius 2 is 1.92 bits per heavy atom. The van der Waals surface area contributed by atoms with Gasteiger partial charge in [0.15, 0.2) is 0 Å². The maximum atomic E-state index is 12.7. The van der Waals surface area contributed by atoms with E-state index in [0.29, 0.717) is 29.2 Å². The van der Waals surface area contributed by atoms with E-state index in [-0.39, 0.29) is 6.03 Å². The summed E-state index contributed by atoms with van der Waals surface area (Å²) in [6.45, 7) is 0.986. The summed E-state index contributed by atoms with van der Waals surface area (Å²) < 4.78 is 0. The molecule has 0 spiro atoms. The van der Waals surface area contributed by atoms with Gasteiger partial charge in [0.2, 0.25) is 0 Å². The number of anilines is 1. The fourth-order valence-corrected chi connectivity index (χ4v) is 3.00. The van der Waals surface area contributed by atoms with E-state index in [4.69, 9.17) is 23.2 Å². The number of urea groups is 1. The molecular formula is C19H22Cl2N4O. The van der Waals surface area contributed by atoms with Gasteiger partial charge in [0, 0.05) is 39.4 Å². The summed E-state index contributed by atoms with van der Waals surface area (Å²) in [6, 6.07) is 9.60. The molecule has 0 radical (unpaired) electrons. The van der Waals surface area contributed by atoms with Crippen LogP contribution in [0.2, 0.25) is 10.0 Å². The van der Waals surface area contributed by atoms with Crippen LogP contribution in [0.5, 0.6) is 0 Å². The molecule has 0 unspecified atom stereocenters. The molecule has 0 atom stereocenters. The smallest absolute Gasteiger partial charge is 0.318 e. The first-order chi connectivity index (χ1) is 12.4. The highest BCUT2D eigenvalue weighted by atomic mass is 35.5. The van der Waals surface area contributed by atoms with Crippen LogP contribution in [0, 0.1) is 0 Å². The summed E-state index contributed by atoms with van der Waals surface area (Å²) in [4.78, 5) is 20.8. The second-order valence-electron chi connectivity index (χ2n) is 6.68. The number of pyridine rings is 1. The minimum absolute atomic E-state index is 0.0678. The zero-order chi connectivity index (χ0) is 18.7. The Hall–Kier alpha value is -1.98. The summed E-state index contributed by atoms with van der Waals surface area (Å²) in [7, 11) is 3.88. The predicted molar refractivity (Wildman–Crippen MR) is 106 cm³/mol. The first-order valence-corrected chi connectivity index (χ1v) is 9.30. The van der Waals surface area contributed by atoms with Crippen LogP contribution >= 0.6 is 23.2 Å². The van der Waals surface area contributed by atoms with E-state index < -0.39 is 0 Å². The average molecular weight is 393 g/mol. The topological polar surface area (TPSA) is 48.5 Å². The van der Waals surface area contributed by atoms with Crippen molar-refractivity contribution in [1.29, 1.82) is 0 Å². The Kier molecular flexibility index (Phi) is 5.89. The number of nitrogens with one attached hydrogen (secondary N) is 1. The molecule has 1 aromatic carbocycles. The van der Waals surface area contributed by atoms with Crippen LogP contribution in [0.25, 0.3) is 0 Å². The standard InChI is InChI=1S/C19H22Cl2N4O/c1-24(2)18-10-13(7-8-22-18)11-23-19(26)25(15-4-5-15)12-14-3-6-16(20)17(21)9-14/h3,6-10,15H,4-5,11-12H2,1-2H3,(H,23,26). The number of hydrogen-bond acceptors (Lipinski definition) is 3. The summed E-state index contributed by atoms with van der Waals surface area (Å²) in [5.41, 5.74) is 1.99. The number of hydrogen-bond donors (Lipinski definition) is 1. The van der Waals surface area contributed by atoms with E-state index in [9.17, 15) is 4.79 Å². The number of aromatic nitrogens is 1. The molecule has 1 saturated carbocycles. The number of halogens is 2. The number of carbonyl (C=O) groups excluding carboxylic acids is 1. The molecule has 1 aromatic heterocycles.